The fraction of sp³-hybridized carbons (Fsp3) is 0.308. The van der Waals surface area contributed by atoms with Crippen LogP contribution in [0.1, 0.15) is 28.7 Å². The number of carboxylic acid groups (broad SMARTS) is 1. The van der Waals surface area contributed by atoms with E-state index in [9.17, 15) is 9.18 Å². The number of carbonyl (C=O) groups is 1. The largest absolute Gasteiger partial charge is 0.496 e. The summed E-state index contributed by atoms with van der Waals surface area (Å²) in [5, 5.41) is 16.5. The van der Waals surface area contributed by atoms with Gasteiger partial charge < -0.3 is 9.84 Å². The van der Waals surface area contributed by atoms with Gasteiger partial charge in [0.25, 0.3) is 0 Å². The van der Waals surface area contributed by atoms with Crippen molar-refractivity contribution in [3.8, 4) is 5.75 Å². The molecule has 6 nitrogen and oxygen atoms in total. The molecule has 106 valence electrons. The second-order valence-corrected chi connectivity index (χ2v) is 4.16. The van der Waals surface area contributed by atoms with Gasteiger partial charge >= 0.3 is 5.97 Å². The van der Waals surface area contributed by atoms with E-state index in [0.29, 0.717) is 23.4 Å². The lowest BCUT2D eigenvalue weighted by molar-refractivity contribution is 0.0689. The second kappa shape index (κ2) is 5.68. The van der Waals surface area contributed by atoms with E-state index in [4.69, 9.17) is 9.84 Å². The molecule has 2 rings (SSSR count). The first kappa shape index (κ1) is 14.0. The molecular weight excluding hydrogens is 265 g/mol. The van der Waals surface area contributed by atoms with E-state index in [1.807, 2.05) is 6.92 Å². The van der Waals surface area contributed by atoms with E-state index in [1.165, 1.54) is 30.0 Å². The maximum absolute atomic E-state index is 13.3. The first-order valence-electron chi connectivity index (χ1n) is 6.04. The van der Waals surface area contributed by atoms with Gasteiger partial charge in [0.05, 0.1) is 19.3 Å². The first-order chi connectivity index (χ1) is 9.56. The molecule has 7 heteroatoms. The Labute approximate surface area is 114 Å². The van der Waals surface area contributed by atoms with Gasteiger partial charge in [-0.05, 0) is 24.6 Å². The Hall–Kier alpha value is -2.44. The molecule has 0 bridgehead atoms. The van der Waals surface area contributed by atoms with Crippen molar-refractivity contribution in [2.75, 3.05) is 7.11 Å². The summed E-state index contributed by atoms with van der Waals surface area (Å²) in [5.74, 6) is -1.00. The van der Waals surface area contributed by atoms with Crippen LogP contribution in [0.3, 0.4) is 0 Å². The Kier molecular flexibility index (Phi) is 3.97. The van der Waals surface area contributed by atoms with Gasteiger partial charge in [0.1, 0.15) is 11.6 Å². The number of nitrogens with zero attached hydrogens (tertiary/aromatic N) is 3. The topological polar surface area (TPSA) is 77.2 Å². The van der Waals surface area contributed by atoms with Crippen molar-refractivity contribution in [1.29, 1.82) is 0 Å². The van der Waals surface area contributed by atoms with Crippen LogP contribution in [-0.2, 0) is 13.0 Å². The highest BCUT2D eigenvalue weighted by atomic mass is 19.1. The molecule has 0 amide bonds. The summed E-state index contributed by atoms with van der Waals surface area (Å²) in [6.45, 7) is 2.01. The number of halogens is 1. The van der Waals surface area contributed by atoms with Crippen LogP contribution in [0.4, 0.5) is 4.39 Å². The molecule has 0 atom stereocenters. The molecule has 1 aromatic carbocycles. The molecule has 0 radical (unpaired) electrons. The zero-order valence-corrected chi connectivity index (χ0v) is 11.1. The van der Waals surface area contributed by atoms with Crippen LogP contribution in [0, 0.1) is 5.82 Å². The van der Waals surface area contributed by atoms with Gasteiger partial charge in [0, 0.05) is 5.56 Å². The summed E-state index contributed by atoms with van der Waals surface area (Å²) in [7, 11) is 1.49. The van der Waals surface area contributed by atoms with Crippen LogP contribution in [0.15, 0.2) is 18.2 Å². The van der Waals surface area contributed by atoms with Gasteiger partial charge in [0.2, 0.25) is 0 Å². The third kappa shape index (κ3) is 2.61. The fourth-order valence-electron chi connectivity index (χ4n) is 2.01. The Bertz CT molecular complexity index is 640. The summed E-state index contributed by atoms with van der Waals surface area (Å²) in [5.41, 5.74) is 0.982. The van der Waals surface area contributed by atoms with Crippen molar-refractivity contribution in [2.45, 2.75) is 19.9 Å². The Balaban J connectivity index is 2.40. The van der Waals surface area contributed by atoms with Gasteiger partial charge in [-0.1, -0.05) is 12.1 Å². The summed E-state index contributed by atoms with van der Waals surface area (Å²) in [6, 6.07) is 4.15. The molecule has 1 heterocycles. The number of aromatic carboxylic acids is 1. The van der Waals surface area contributed by atoms with E-state index in [1.54, 1.807) is 0 Å². The minimum atomic E-state index is -1.13. The van der Waals surface area contributed by atoms with Crippen LogP contribution in [-0.4, -0.2) is 33.2 Å². The normalized spacial score (nSPS) is 10.6. The third-order valence-corrected chi connectivity index (χ3v) is 2.94. The van der Waals surface area contributed by atoms with E-state index in [0.717, 1.165) is 0 Å². The molecule has 1 N–H and O–H groups in total. The number of ether oxygens (including phenoxy) is 1. The third-order valence-electron chi connectivity index (χ3n) is 2.94. The molecule has 2 aromatic rings. The van der Waals surface area contributed by atoms with Crippen molar-refractivity contribution in [3.05, 3.63) is 41.0 Å². The molecule has 1 aromatic heterocycles. The van der Waals surface area contributed by atoms with Crippen LogP contribution >= 0.6 is 0 Å². The van der Waals surface area contributed by atoms with Crippen LogP contribution < -0.4 is 4.74 Å². The molecule has 0 aliphatic carbocycles. The first-order valence-corrected chi connectivity index (χ1v) is 6.04. The van der Waals surface area contributed by atoms with Gasteiger partial charge in [-0.25, -0.2) is 13.9 Å². The summed E-state index contributed by atoms with van der Waals surface area (Å²) in [4.78, 5) is 11.0. The minimum absolute atomic E-state index is 0.0807. The Morgan fingerprint density at radius 2 is 2.25 bits per heavy atom. The molecule has 0 saturated carbocycles. The SMILES string of the molecule is CCc1c(C(=O)O)nnn1Cc1cc(F)ccc1OC. The van der Waals surface area contributed by atoms with Gasteiger partial charge in [-0.15, -0.1) is 5.10 Å². The van der Waals surface area contributed by atoms with Crippen LogP contribution in [0.25, 0.3) is 0 Å². The van der Waals surface area contributed by atoms with Crippen molar-refractivity contribution in [2.24, 2.45) is 0 Å². The number of rotatable bonds is 5. The lowest BCUT2D eigenvalue weighted by Crippen LogP contribution is -2.09. The molecule has 0 aliphatic heterocycles. The monoisotopic (exact) mass is 279 g/mol. The standard InChI is InChI=1S/C13H14FN3O3/c1-3-10-12(13(18)19)15-16-17(10)7-8-6-9(14)4-5-11(8)20-2/h4-6H,3,7H2,1-2H3,(H,18,19). The maximum atomic E-state index is 13.3. The van der Waals surface area contributed by atoms with Crippen molar-refractivity contribution in [1.82, 2.24) is 15.0 Å². The molecule has 0 unspecified atom stereocenters. The smallest absolute Gasteiger partial charge is 0.358 e. The van der Waals surface area contributed by atoms with Crippen LogP contribution in [0.2, 0.25) is 0 Å². The van der Waals surface area contributed by atoms with Crippen LogP contribution in [0.5, 0.6) is 5.75 Å². The highest BCUT2D eigenvalue weighted by Gasteiger charge is 2.18. The number of hydrogen-bond donors (Lipinski definition) is 1. The summed E-state index contributed by atoms with van der Waals surface area (Å²) < 4.78 is 19.9. The number of hydrogen-bond acceptors (Lipinski definition) is 4. The highest BCUT2D eigenvalue weighted by Crippen LogP contribution is 2.21. The van der Waals surface area contributed by atoms with E-state index in [2.05, 4.69) is 10.3 Å². The maximum Gasteiger partial charge on any atom is 0.358 e. The molecular formula is C13H14FN3O3. The number of methoxy groups -OCH3 is 1. The summed E-state index contributed by atoms with van der Waals surface area (Å²) in [6.07, 6.45) is 0.465. The lowest BCUT2D eigenvalue weighted by Gasteiger charge is -2.10. The minimum Gasteiger partial charge on any atom is -0.496 e. The van der Waals surface area contributed by atoms with Gasteiger partial charge in [-0.3, -0.25) is 0 Å². The van der Waals surface area contributed by atoms with E-state index < -0.39 is 11.8 Å². The lowest BCUT2D eigenvalue weighted by atomic mass is 10.2. The van der Waals surface area contributed by atoms with Crippen molar-refractivity contribution in [3.63, 3.8) is 0 Å². The van der Waals surface area contributed by atoms with Gasteiger partial charge in [-0.2, -0.15) is 0 Å². The molecule has 0 spiro atoms. The molecule has 0 saturated heterocycles. The second-order valence-electron chi connectivity index (χ2n) is 4.16. The quantitative estimate of drug-likeness (QED) is 0.902. The summed E-state index contributed by atoms with van der Waals surface area (Å²) >= 11 is 0. The van der Waals surface area contributed by atoms with E-state index >= 15 is 0 Å². The molecule has 0 aliphatic rings. The molecule has 0 fully saturated rings. The predicted molar refractivity (Wildman–Crippen MR) is 68.4 cm³/mol. The molecule has 20 heavy (non-hydrogen) atoms. The zero-order chi connectivity index (χ0) is 14.7. The van der Waals surface area contributed by atoms with E-state index in [-0.39, 0.29) is 12.2 Å². The average molecular weight is 279 g/mol. The average Bonchev–Trinajstić information content (AvgIpc) is 2.82. The van der Waals surface area contributed by atoms with Gasteiger partial charge in [0.15, 0.2) is 5.69 Å². The predicted octanol–water partition coefficient (Wildman–Crippen LogP) is 1.73. The highest BCUT2D eigenvalue weighted by molar-refractivity contribution is 5.86. The number of aromatic nitrogens is 3. The zero-order valence-electron chi connectivity index (χ0n) is 11.1. The Morgan fingerprint density at radius 1 is 1.50 bits per heavy atom. The fourth-order valence-corrected chi connectivity index (χ4v) is 2.01. The van der Waals surface area contributed by atoms with Crippen molar-refractivity contribution >= 4 is 5.97 Å². The number of carboxylic acids is 1. The Morgan fingerprint density at radius 3 is 2.85 bits per heavy atom. The van der Waals surface area contributed by atoms with Crippen molar-refractivity contribution < 1.29 is 19.0 Å². The number of benzene rings is 1.